The van der Waals surface area contributed by atoms with Crippen LogP contribution in [0.3, 0.4) is 0 Å². The fourth-order valence-electron chi connectivity index (χ4n) is 4.53. The summed E-state index contributed by atoms with van der Waals surface area (Å²) < 4.78 is 5.02. The molecule has 2 N–H and O–H groups in total. The Bertz CT molecular complexity index is 902. The van der Waals surface area contributed by atoms with Gasteiger partial charge in [0.15, 0.2) is 0 Å². The van der Waals surface area contributed by atoms with Crippen LogP contribution in [0, 0.1) is 34.0 Å². The first-order valence-corrected chi connectivity index (χ1v) is 9.22. The van der Waals surface area contributed by atoms with Crippen molar-refractivity contribution in [1.29, 1.82) is 10.5 Å². The molecule has 1 aromatic carbocycles. The van der Waals surface area contributed by atoms with Crippen molar-refractivity contribution < 1.29 is 9.53 Å². The molecule has 0 amide bonds. The fraction of sp³-hybridized carbons (Fsp3) is 0.409. The smallest absolute Gasteiger partial charge is 0.333 e. The maximum Gasteiger partial charge on any atom is 0.333 e. The first-order valence-electron chi connectivity index (χ1n) is 9.22. The molecule has 3 atom stereocenters. The number of ether oxygens (including phenoxy) is 1. The average Bonchev–Trinajstić information content (AvgIpc) is 2.72. The minimum absolute atomic E-state index is 0.0156. The Hall–Kier alpha value is -3.05. The van der Waals surface area contributed by atoms with Gasteiger partial charge in [-0.15, -0.1) is 0 Å². The maximum absolute atomic E-state index is 12.9. The number of rotatable bonds is 3. The van der Waals surface area contributed by atoms with Gasteiger partial charge in [-0.25, -0.2) is 4.79 Å². The average molecular weight is 361 g/mol. The van der Waals surface area contributed by atoms with E-state index in [1.807, 2.05) is 30.3 Å². The zero-order valence-corrected chi connectivity index (χ0v) is 15.7. The Morgan fingerprint density at radius 3 is 2.59 bits per heavy atom. The van der Waals surface area contributed by atoms with Crippen LogP contribution in [0.4, 0.5) is 0 Å². The van der Waals surface area contributed by atoms with E-state index in [2.05, 4.69) is 19.1 Å². The second-order valence-electron chi connectivity index (χ2n) is 7.18. The summed E-state index contributed by atoms with van der Waals surface area (Å²) in [5.74, 6) is -0.796. The number of hydrogen-bond acceptors (Lipinski definition) is 5. The summed E-state index contributed by atoms with van der Waals surface area (Å²) in [4.78, 5) is 12.9. The van der Waals surface area contributed by atoms with E-state index in [4.69, 9.17) is 10.5 Å². The molecule has 3 rings (SSSR count). The molecule has 0 aromatic heterocycles. The third kappa shape index (κ3) is 2.71. The van der Waals surface area contributed by atoms with Gasteiger partial charge in [0.25, 0.3) is 0 Å². The van der Waals surface area contributed by atoms with Crippen LogP contribution in [0.15, 0.2) is 52.7 Å². The van der Waals surface area contributed by atoms with Crippen LogP contribution in [0.25, 0.3) is 0 Å². The number of nitrogens with two attached hydrogens (primary N) is 1. The van der Waals surface area contributed by atoms with Crippen LogP contribution in [0.5, 0.6) is 0 Å². The third-order valence-electron chi connectivity index (χ3n) is 5.98. The predicted octanol–water partition coefficient (Wildman–Crippen LogP) is 3.71. The zero-order valence-electron chi connectivity index (χ0n) is 15.7. The molecule has 2 aliphatic rings. The first-order chi connectivity index (χ1) is 13.0. The number of esters is 1. The lowest BCUT2D eigenvalue weighted by Crippen LogP contribution is -2.46. The van der Waals surface area contributed by atoms with Crippen molar-refractivity contribution >= 4 is 5.97 Å². The molecule has 0 bridgehead atoms. The van der Waals surface area contributed by atoms with Crippen molar-refractivity contribution in [1.82, 2.24) is 0 Å². The molecule has 2 aliphatic carbocycles. The molecule has 27 heavy (non-hydrogen) atoms. The van der Waals surface area contributed by atoms with E-state index in [0.717, 1.165) is 42.4 Å². The van der Waals surface area contributed by atoms with Crippen LogP contribution in [-0.4, -0.2) is 13.1 Å². The molecular formula is C22H23N3O2. The van der Waals surface area contributed by atoms with Crippen molar-refractivity contribution in [3.8, 4) is 12.1 Å². The highest BCUT2D eigenvalue weighted by Gasteiger charge is 2.56. The first kappa shape index (κ1) is 18.7. The lowest BCUT2D eigenvalue weighted by atomic mass is 9.58. The van der Waals surface area contributed by atoms with Gasteiger partial charge in [-0.05, 0) is 36.3 Å². The summed E-state index contributed by atoms with van der Waals surface area (Å²) in [5, 5.41) is 20.0. The van der Waals surface area contributed by atoms with Crippen molar-refractivity contribution in [3.63, 3.8) is 0 Å². The van der Waals surface area contributed by atoms with Gasteiger partial charge in [0.2, 0.25) is 5.41 Å². The van der Waals surface area contributed by atoms with Crippen LogP contribution < -0.4 is 5.73 Å². The van der Waals surface area contributed by atoms with Gasteiger partial charge < -0.3 is 10.5 Å². The molecular weight excluding hydrogens is 338 g/mol. The maximum atomic E-state index is 12.9. The van der Waals surface area contributed by atoms with E-state index < -0.39 is 17.3 Å². The van der Waals surface area contributed by atoms with E-state index in [1.165, 1.54) is 7.11 Å². The Balaban J connectivity index is 2.35. The molecule has 5 heteroatoms. The molecule has 0 aliphatic heterocycles. The number of carbonyl (C=O) groups is 1. The van der Waals surface area contributed by atoms with E-state index in [1.54, 1.807) is 0 Å². The summed E-state index contributed by atoms with van der Waals surface area (Å²) in [6, 6.07) is 13.8. The number of methoxy groups -OCH3 is 1. The standard InChI is InChI=1S/C22H23N3O2/c1-3-14-9-10-16-17(11-14)19(15-7-5-4-6-8-15)22(13-24,21(26)27-2)20(25)18(16)12-23/h4-8,14,19H,3,9-11,25H2,1-2H3/t14-,19+,22+/m0/s1. The van der Waals surface area contributed by atoms with Crippen LogP contribution in [-0.2, 0) is 9.53 Å². The minimum Gasteiger partial charge on any atom is -0.468 e. The molecule has 0 saturated carbocycles. The zero-order chi connectivity index (χ0) is 19.6. The van der Waals surface area contributed by atoms with Gasteiger partial charge in [0, 0.05) is 5.92 Å². The van der Waals surface area contributed by atoms with Crippen LogP contribution in [0.1, 0.15) is 44.1 Å². The van der Waals surface area contributed by atoms with Gasteiger partial charge >= 0.3 is 5.97 Å². The highest BCUT2D eigenvalue weighted by Crippen LogP contribution is 2.56. The second kappa shape index (κ2) is 7.29. The van der Waals surface area contributed by atoms with Crippen molar-refractivity contribution in [2.75, 3.05) is 7.11 Å². The van der Waals surface area contributed by atoms with Crippen LogP contribution in [0.2, 0.25) is 0 Å². The minimum atomic E-state index is -1.73. The number of hydrogen-bond donors (Lipinski definition) is 1. The van der Waals surface area contributed by atoms with E-state index in [0.29, 0.717) is 5.92 Å². The summed E-state index contributed by atoms with van der Waals surface area (Å²) >= 11 is 0. The lowest BCUT2D eigenvalue weighted by Gasteiger charge is -2.43. The quantitative estimate of drug-likeness (QED) is 0.827. The lowest BCUT2D eigenvalue weighted by molar-refractivity contribution is -0.148. The van der Waals surface area contributed by atoms with Crippen molar-refractivity contribution in [2.24, 2.45) is 17.1 Å². The molecule has 0 saturated heterocycles. The molecule has 0 heterocycles. The van der Waals surface area contributed by atoms with Gasteiger partial charge in [-0.3, -0.25) is 0 Å². The highest BCUT2D eigenvalue weighted by molar-refractivity contribution is 5.88. The van der Waals surface area contributed by atoms with Crippen molar-refractivity contribution in [2.45, 2.75) is 38.5 Å². The van der Waals surface area contributed by atoms with E-state index in [-0.39, 0.29) is 11.3 Å². The number of allylic oxidation sites excluding steroid dienone is 3. The highest BCUT2D eigenvalue weighted by atomic mass is 16.5. The number of benzene rings is 1. The van der Waals surface area contributed by atoms with Gasteiger partial charge in [-0.1, -0.05) is 49.2 Å². The summed E-state index contributed by atoms with van der Waals surface area (Å²) in [7, 11) is 1.25. The Morgan fingerprint density at radius 2 is 2.04 bits per heavy atom. The van der Waals surface area contributed by atoms with Gasteiger partial charge in [0.05, 0.1) is 24.4 Å². The molecule has 138 valence electrons. The monoisotopic (exact) mass is 361 g/mol. The van der Waals surface area contributed by atoms with E-state index in [9.17, 15) is 15.3 Å². The fourth-order valence-corrected chi connectivity index (χ4v) is 4.53. The summed E-state index contributed by atoms with van der Waals surface area (Å²) in [5.41, 5.74) is 7.65. The Kier molecular flexibility index (Phi) is 5.06. The number of nitrogens with zero attached hydrogens (tertiary/aromatic N) is 2. The summed E-state index contributed by atoms with van der Waals surface area (Å²) in [6.07, 6.45) is 3.48. The second-order valence-corrected chi connectivity index (χ2v) is 7.18. The molecule has 1 aromatic rings. The Morgan fingerprint density at radius 1 is 1.33 bits per heavy atom. The largest absolute Gasteiger partial charge is 0.468 e. The summed E-state index contributed by atoms with van der Waals surface area (Å²) in [6.45, 7) is 2.14. The molecule has 5 nitrogen and oxygen atoms in total. The topological polar surface area (TPSA) is 99.9 Å². The predicted molar refractivity (Wildman–Crippen MR) is 101 cm³/mol. The number of carbonyl (C=O) groups excluding carboxylic acids is 1. The van der Waals surface area contributed by atoms with Crippen LogP contribution >= 0.6 is 0 Å². The van der Waals surface area contributed by atoms with E-state index >= 15 is 0 Å². The molecule has 0 radical (unpaired) electrons. The van der Waals surface area contributed by atoms with Crippen molar-refractivity contribution in [3.05, 3.63) is 58.3 Å². The normalized spacial score (nSPS) is 27.4. The Labute approximate surface area is 159 Å². The molecule has 0 spiro atoms. The molecule has 0 fully saturated rings. The SMILES string of the molecule is CC[C@H]1CCC2=C(C1)[C@@H](c1ccccc1)[C@@](C#N)(C(=O)OC)C(N)=C2C#N. The molecule has 0 unspecified atom stereocenters. The van der Waals surface area contributed by atoms with Gasteiger partial charge in [-0.2, -0.15) is 10.5 Å². The third-order valence-corrected chi connectivity index (χ3v) is 5.98. The van der Waals surface area contributed by atoms with Gasteiger partial charge in [0.1, 0.15) is 6.07 Å². The number of nitriles is 2.